The molecule has 184 valence electrons. The lowest BCUT2D eigenvalue weighted by molar-refractivity contribution is -0.139. The van der Waals surface area contributed by atoms with Gasteiger partial charge < -0.3 is 19.9 Å². The molecule has 0 aromatic heterocycles. The normalized spacial score (nSPS) is 21.1. The molecule has 6 nitrogen and oxygen atoms in total. The lowest BCUT2D eigenvalue weighted by atomic mass is 9.66. The topological polar surface area (TPSA) is 84.9 Å². The highest BCUT2D eigenvalue weighted by Crippen LogP contribution is 2.49. The number of carbonyl (C=O) groups excluding carboxylic acids is 2. The molecule has 2 unspecified atom stereocenters. The highest BCUT2D eigenvalue weighted by molar-refractivity contribution is 6.32. The molecular weight excluding hydrogens is 466 g/mol. The molecule has 2 aromatic rings. The molecule has 0 bridgehead atoms. The molecule has 0 radical (unpaired) electrons. The number of benzene rings is 2. The number of allylic oxidation sites excluding steroid dienone is 3. The van der Waals surface area contributed by atoms with Gasteiger partial charge in [0.15, 0.2) is 11.5 Å². The van der Waals surface area contributed by atoms with Crippen LogP contribution in [0.5, 0.6) is 11.5 Å². The predicted octanol–water partition coefficient (Wildman–Crippen LogP) is 5.30. The van der Waals surface area contributed by atoms with Gasteiger partial charge in [-0.2, -0.15) is 0 Å². The zero-order valence-corrected chi connectivity index (χ0v) is 21.1. The van der Waals surface area contributed by atoms with Crippen LogP contribution in [0.1, 0.15) is 44.2 Å². The molecule has 2 aliphatic rings. The van der Waals surface area contributed by atoms with Gasteiger partial charge in [-0.25, -0.2) is 4.79 Å². The first-order chi connectivity index (χ1) is 16.6. The van der Waals surface area contributed by atoms with Crippen LogP contribution in [0, 0.1) is 11.3 Å². The maximum absolute atomic E-state index is 13.4. The number of phenolic OH excluding ortho intramolecular Hbond substituents is 1. The number of phenols is 1. The standard InChI is InChI=1S/C28H30ClNO5/c1-16-23(27(33)35-11-10-17-8-6-5-7-9-17)24(18-12-19(29)26(32)22(13-18)34-4)25-20(30-16)14-28(2,3)15-21(25)31/h5-9,12-14,24-25,30,32H,10-11,15H2,1-4H3. The van der Waals surface area contributed by atoms with Gasteiger partial charge >= 0.3 is 5.97 Å². The number of Topliss-reactive ketones (excluding diaryl/α,β-unsaturated/α-hetero) is 1. The summed E-state index contributed by atoms with van der Waals surface area (Å²) in [6.07, 6.45) is 2.99. The summed E-state index contributed by atoms with van der Waals surface area (Å²) in [7, 11) is 1.43. The Kier molecular flexibility index (Phi) is 6.95. The highest BCUT2D eigenvalue weighted by Gasteiger charge is 2.46. The van der Waals surface area contributed by atoms with Crippen molar-refractivity contribution in [3.05, 3.63) is 81.7 Å². The number of fused-ring (bicyclic) bond motifs is 1. The number of hydrogen-bond acceptors (Lipinski definition) is 6. The van der Waals surface area contributed by atoms with Gasteiger partial charge in [0, 0.05) is 30.2 Å². The maximum Gasteiger partial charge on any atom is 0.336 e. The van der Waals surface area contributed by atoms with Crippen LogP contribution < -0.4 is 10.1 Å². The van der Waals surface area contributed by atoms with Crippen LogP contribution >= 0.6 is 11.6 Å². The van der Waals surface area contributed by atoms with E-state index in [1.807, 2.05) is 51.1 Å². The molecule has 0 spiro atoms. The fourth-order valence-electron chi connectivity index (χ4n) is 5.01. The Morgan fingerprint density at radius 1 is 1.20 bits per heavy atom. The Morgan fingerprint density at radius 2 is 1.91 bits per heavy atom. The minimum absolute atomic E-state index is 0.0234. The summed E-state index contributed by atoms with van der Waals surface area (Å²) in [5.41, 5.74) is 3.11. The van der Waals surface area contributed by atoms with Gasteiger partial charge in [0.05, 0.1) is 30.2 Å². The zero-order chi connectivity index (χ0) is 25.3. The van der Waals surface area contributed by atoms with Gasteiger partial charge in [-0.15, -0.1) is 0 Å². The molecule has 1 heterocycles. The van der Waals surface area contributed by atoms with E-state index in [0.717, 1.165) is 11.3 Å². The number of ether oxygens (including phenoxy) is 2. The third-order valence-corrected chi connectivity index (χ3v) is 6.84. The summed E-state index contributed by atoms with van der Waals surface area (Å²) in [5.74, 6) is -1.72. The number of aromatic hydroxyl groups is 1. The summed E-state index contributed by atoms with van der Waals surface area (Å²) in [6.45, 7) is 6.04. The largest absolute Gasteiger partial charge is 0.503 e. The van der Waals surface area contributed by atoms with E-state index in [0.29, 0.717) is 29.7 Å². The average molecular weight is 496 g/mol. The van der Waals surface area contributed by atoms with Crippen LogP contribution in [-0.4, -0.2) is 30.6 Å². The lowest BCUT2D eigenvalue weighted by Crippen LogP contribution is -2.43. The average Bonchev–Trinajstić information content (AvgIpc) is 2.79. The van der Waals surface area contributed by atoms with Gasteiger partial charge in [0.2, 0.25) is 0 Å². The van der Waals surface area contributed by atoms with Crippen LogP contribution in [0.15, 0.2) is 65.5 Å². The molecule has 4 rings (SSSR count). The number of hydrogen-bond donors (Lipinski definition) is 2. The SMILES string of the molecule is COc1cc(C2C(C(=O)OCCc3ccccc3)=C(C)NC3=CC(C)(C)CC(=O)C32)cc(Cl)c1O. The fourth-order valence-corrected chi connectivity index (χ4v) is 5.23. The molecule has 2 atom stereocenters. The van der Waals surface area contributed by atoms with Gasteiger partial charge in [0.25, 0.3) is 0 Å². The third-order valence-electron chi connectivity index (χ3n) is 6.55. The second-order valence-corrected chi connectivity index (χ2v) is 10.2. The van der Waals surface area contributed by atoms with E-state index in [1.165, 1.54) is 7.11 Å². The van der Waals surface area contributed by atoms with Crippen LogP contribution in [-0.2, 0) is 20.7 Å². The second kappa shape index (κ2) is 9.78. The summed E-state index contributed by atoms with van der Waals surface area (Å²) in [5, 5.41) is 13.7. The van der Waals surface area contributed by atoms with Crippen LogP contribution in [0.2, 0.25) is 5.02 Å². The third kappa shape index (κ3) is 5.08. The van der Waals surface area contributed by atoms with Gasteiger partial charge in [-0.1, -0.05) is 61.9 Å². The number of halogens is 1. The molecular formula is C28H30ClNO5. The van der Waals surface area contributed by atoms with Crippen molar-refractivity contribution in [2.45, 2.75) is 39.5 Å². The first-order valence-corrected chi connectivity index (χ1v) is 12.0. The molecule has 1 aliphatic carbocycles. The highest BCUT2D eigenvalue weighted by atomic mass is 35.5. The maximum atomic E-state index is 13.4. The number of methoxy groups -OCH3 is 1. The minimum atomic E-state index is -0.637. The van der Waals surface area contributed by atoms with Crippen molar-refractivity contribution in [2.75, 3.05) is 13.7 Å². The van der Waals surface area contributed by atoms with Crippen molar-refractivity contribution in [3.63, 3.8) is 0 Å². The molecule has 1 aliphatic heterocycles. The molecule has 0 saturated heterocycles. The van der Waals surface area contributed by atoms with E-state index in [-0.39, 0.29) is 34.3 Å². The van der Waals surface area contributed by atoms with E-state index >= 15 is 0 Å². The summed E-state index contributed by atoms with van der Waals surface area (Å²) >= 11 is 6.31. The number of nitrogens with one attached hydrogen (secondary N) is 1. The van der Waals surface area contributed by atoms with E-state index in [9.17, 15) is 14.7 Å². The minimum Gasteiger partial charge on any atom is -0.503 e. The van der Waals surface area contributed by atoms with Crippen LogP contribution in [0.25, 0.3) is 0 Å². The van der Waals surface area contributed by atoms with Crippen molar-refractivity contribution in [1.29, 1.82) is 0 Å². The fraction of sp³-hybridized carbons (Fsp3) is 0.357. The molecule has 2 aromatic carbocycles. The van der Waals surface area contributed by atoms with Crippen molar-refractivity contribution in [2.24, 2.45) is 11.3 Å². The van der Waals surface area contributed by atoms with Gasteiger partial charge in [-0.05, 0) is 35.6 Å². The van der Waals surface area contributed by atoms with E-state index in [1.54, 1.807) is 12.1 Å². The van der Waals surface area contributed by atoms with Crippen molar-refractivity contribution < 1.29 is 24.2 Å². The quantitative estimate of drug-likeness (QED) is 0.529. The summed E-state index contributed by atoms with van der Waals surface area (Å²) in [6, 6.07) is 13.0. The molecule has 0 saturated carbocycles. The van der Waals surface area contributed by atoms with Crippen LogP contribution in [0.3, 0.4) is 0 Å². The first-order valence-electron chi connectivity index (χ1n) is 11.6. The number of esters is 1. The first kappa shape index (κ1) is 24.9. The van der Waals surface area contributed by atoms with Gasteiger partial charge in [-0.3, -0.25) is 4.79 Å². The Hall–Kier alpha value is -3.25. The van der Waals surface area contributed by atoms with Gasteiger partial charge in [0.1, 0.15) is 5.78 Å². The van der Waals surface area contributed by atoms with E-state index in [4.69, 9.17) is 21.1 Å². The molecule has 2 N–H and O–H groups in total. The van der Waals surface area contributed by atoms with Crippen molar-refractivity contribution in [3.8, 4) is 11.5 Å². The Labute approximate surface area is 210 Å². The number of carbonyl (C=O) groups is 2. The Morgan fingerprint density at radius 3 is 2.60 bits per heavy atom. The smallest absolute Gasteiger partial charge is 0.336 e. The van der Waals surface area contributed by atoms with Crippen molar-refractivity contribution >= 4 is 23.4 Å². The molecule has 7 heteroatoms. The lowest BCUT2D eigenvalue weighted by Gasteiger charge is -2.41. The van der Waals surface area contributed by atoms with Crippen molar-refractivity contribution in [1.82, 2.24) is 5.32 Å². The van der Waals surface area contributed by atoms with E-state index in [2.05, 4.69) is 11.4 Å². The Bertz CT molecular complexity index is 1220. The zero-order valence-electron chi connectivity index (χ0n) is 20.4. The second-order valence-electron chi connectivity index (χ2n) is 9.78. The Balaban J connectivity index is 1.75. The van der Waals surface area contributed by atoms with Crippen LogP contribution in [0.4, 0.5) is 0 Å². The molecule has 0 fully saturated rings. The number of rotatable bonds is 6. The number of ketones is 1. The summed E-state index contributed by atoms with van der Waals surface area (Å²) in [4.78, 5) is 26.9. The predicted molar refractivity (Wildman–Crippen MR) is 134 cm³/mol. The monoisotopic (exact) mass is 495 g/mol. The van der Waals surface area contributed by atoms with E-state index < -0.39 is 17.8 Å². The summed E-state index contributed by atoms with van der Waals surface area (Å²) < 4.78 is 11.0. The molecule has 0 amide bonds. The molecule has 35 heavy (non-hydrogen) atoms.